The standard InChI is InChI=1S/C21H21Br3O2/c1-20-8-6-14-17(13(20)3-4-16(20)26)19(24)18(23)15-11-12(25)5-9-21(14,15)7-2-10-22/h5,9,11,13-14,17-19H,3-4,6-8H2,1H3/t13-,14-,17-,18-,19-,20-,21+/m0/s1. The van der Waals surface area contributed by atoms with Crippen LogP contribution in [0.5, 0.6) is 0 Å². The van der Waals surface area contributed by atoms with Gasteiger partial charge in [-0.1, -0.05) is 50.8 Å². The lowest BCUT2D eigenvalue weighted by Gasteiger charge is -2.59. The fraction of sp³-hybridized carbons (Fsp3) is 0.619. The summed E-state index contributed by atoms with van der Waals surface area (Å²) in [7, 11) is 0. The zero-order valence-electron chi connectivity index (χ0n) is 14.6. The van der Waals surface area contributed by atoms with E-state index in [1.165, 1.54) is 0 Å². The Hall–Kier alpha value is -0.180. The van der Waals surface area contributed by atoms with Gasteiger partial charge in [0, 0.05) is 49.3 Å². The van der Waals surface area contributed by atoms with E-state index < -0.39 is 0 Å². The Labute approximate surface area is 180 Å². The van der Waals surface area contributed by atoms with Gasteiger partial charge in [-0.2, -0.15) is 0 Å². The lowest BCUT2D eigenvalue weighted by molar-refractivity contribution is -0.131. The fourth-order valence-corrected chi connectivity index (χ4v) is 8.26. The van der Waals surface area contributed by atoms with Crippen molar-refractivity contribution in [2.24, 2.45) is 28.6 Å². The molecular weight excluding hydrogens is 524 g/mol. The predicted octanol–water partition coefficient (Wildman–Crippen LogP) is 5.34. The summed E-state index contributed by atoms with van der Waals surface area (Å²) in [4.78, 5) is 27.9. The van der Waals surface area contributed by atoms with Gasteiger partial charge in [0.05, 0.1) is 0 Å². The summed E-state index contributed by atoms with van der Waals surface area (Å²) in [5.74, 6) is 4.93. The maximum absolute atomic E-state index is 12.6. The first-order chi connectivity index (χ1) is 12.3. The van der Waals surface area contributed by atoms with Crippen LogP contribution in [0.25, 0.3) is 0 Å². The second kappa shape index (κ2) is 6.71. The van der Waals surface area contributed by atoms with Crippen molar-refractivity contribution in [1.82, 2.24) is 0 Å². The molecule has 0 saturated heterocycles. The van der Waals surface area contributed by atoms with E-state index in [4.69, 9.17) is 0 Å². The van der Waals surface area contributed by atoms with Crippen LogP contribution in [0.2, 0.25) is 0 Å². The molecule has 0 aromatic rings. The molecule has 0 aromatic carbocycles. The molecule has 0 aliphatic heterocycles. The monoisotopic (exact) mass is 542 g/mol. The highest BCUT2D eigenvalue weighted by Crippen LogP contribution is 2.66. The maximum atomic E-state index is 12.6. The minimum absolute atomic E-state index is 0.0571. The van der Waals surface area contributed by atoms with Gasteiger partial charge < -0.3 is 0 Å². The van der Waals surface area contributed by atoms with Crippen LogP contribution in [-0.2, 0) is 9.59 Å². The molecule has 0 spiro atoms. The summed E-state index contributed by atoms with van der Waals surface area (Å²) in [6, 6.07) is 0. The lowest BCUT2D eigenvalue weighted by atomic mass is 9.47. The van der Waals surface area contributed by atoms with Crippen molar-refractivity contribution in [3.63, 3.8) is 0 Å². The molecule has 7 atom stereocenters. The summed E-state index contributed by atoms with van der Waals surface area (Å²) in [5, 5.41) is 0. The molecule has 3 saturated carbocycles. The van der Waals surface area contributed by atoms with Gasteiger partial charge in [-0.05, 0) is 59.6 Å². The number of rotatable bonds is 1. The van der Waals surface area contributed by atoms with Crippen LogP contribution >= 0.6 is 47.8 Å². The van der Waals surface area contributed by atoms with Crippen LogP contribution < -0.4 is 0 Å². The molecule has 4 aliphatic rings. The largest absolute Gasteiger partial charge is 0.299 e. The summed E-state index contributed by atoms with van der Waals surface area (Å²) >= 11 is 11.1. The van der Waals surface area contributed by atoms with E-state index in [1.807, 2.05) is 6.08 Å². The molecule has 5 heteroatoms. The number of hydrogen-bond acceptors (Lipinski definition) is 2. The van der Waals surface area contributed by atoms with Gasteiger partial charge in [0.25, 0.3) is 0 Å². The molecule has 4 rings (SSSR count). The van der Waals surface area contributed by atoms with Crippen molar-refractivity contribution in [2.75, 3.05) is 0 Å². The van der Waals surface area contributed by atoms with Crippen molar-refractivity contribution in [3.05, 3.63) is 23.8 Å². The number of carbonyl (C=O) groups excluding carboxylic acids is 2. The smallest absolute Gasteiger partial charge is 0.178 e. The van der Waals surface area contributed by atoms with Crippen molar-refractivity contribution in [3.8, 4) is 10.8 Å². The third-order valence-corrected chi connectivity index (χ3v) is 10.7. The van der Waals surface area contributed by atoms with E-state index in [0.717, 1.165) is 24.8 Å². The third kappa shape index (κ3) is 2.54. The second-order valence-corrected chi connectivity index (χ2v) is 10.8. The average molecular weight is 545 g/mol. The summed E-state index contributed by atoms with van der Waals surface area (Å²) in [5.41, 5.74) is 0.749. The Morgan fingerprint density at radius 1 is 1.23 bits per heavy atom. The topological polar surface area (TPSA) is 34.1 Å². The Bertz CT molecular complexity index is 789. The van der Waals surface area contributed by atoms with Crippen molar-refractivity contribution in [1.29, 1.82) is 0 Å². The molecule has 0 unspecified atom stereocenters. The van der Waals surface area contributed by atoms with Gasteiger partial charge in [0.2, 0.25) is 0 Å². The number of ketones is 2. The normalized spacial score (nSPS) is 46.6. The van der Waals surface area contributed by atoms with Gasteiger partial charge in [-0.15, -0.1) is 0 Å². The Balaban J connectivity index is 1.84. The van der Waals surface area contributed by atoms with E-state index >= 15 is 0 Å². The predicted molar refractivity (Wildman–Crippen MR) is 113 cm³/mol. The molecule has 26 heavy (non-hydrogen) atoms. The second-order valence-electron chi connectivity index (χ2n) is 8.38. The van der Waals surface area contributed by atoms with Crippen LogP contribution in [0.3, 0.4) is 0 Å². The zero-order chi connectivity index (χ0) is 18.7. The van der Waals surface area contributed by atoms with Crippen LogP contribution in [0, 0.1) is 39.3 Å². The molecule has 4 aliphatic carbocycles. The summed E-state index contributed by atoms with van der Waals surface area (Å²) < 4.78 is 0. The highest BCUT2D eigenvalue weighted by molar-refractivity contribution is 9.12. The molecule has 0 aromatic heterocycles. The highest BCUT2D eigenvalue weighted by Gasteiger charge is 2.63. The molecule has 0 amide bonds. The van der Waals surface area contributed by atoms with Gasteiger partial charge in [-0.3, -0.25) is 9.59 Å². The average Bonchev–Trinajstić information content (AvgIpc) is 2.93. The molecule has 0 N–H and O–H groups in total. The van der Waals surface area contributed by atoms with E-state index in [1.54, 1.807) is 6.08 Å². The maximum Gasteiger partial charge on any atom is 0.178 e. The van der Waals surface area contributed by atoms with Crippen LogP contribution in [0.1, 0.15) is 39.0 Å². The Kier molecular flexibility index (Phi) is 4.94. The third-order valence-electron chi connectivity index (χ3n) is 7.48. The number of alkyl halides is 2. The minimum atomic E-state index is -0.218. The molecule has 138 valence electrons. The molecule has 2 nitrogen and oxygen atoms in total. The van der Waals surface area contributed by atoms with Crippen LogP contribution in [-0.4, -0.2) is 21.2 Å². The van der Waals surface area contributed by atoms with E-state index in [-0.39, 0.29) is 26.3 Å². The quantitative estimate of drug-likeness (QED) is 0.330. The van der Waals surface area contributed by atoms with Crippen molar-refractivity contribution in [2.45, 2.75) is 48.7 Å². The molecule has 3 fully saturated rings. The number of allylic oxidation sites excluding steroid dienone is 4. The number of Topliss-reactive ketones (excluding diaryl/α,β-unsaturated/α-hetero) is 1. The molecule has 0 heterocycles. The van der Waals surface area contributed by atoms with Crippen molar-refractivity contribution >= 4 is 59.4 Å². The van der Waals surface area contributed by atoms with E-state index in [0.29, 0.717) is 36.4 Å². The first-order valence-electron chi connectivity index (χ1n) is 9.20. The van der Waals surface area contributed by atoms with Gasteiger partial charge in [-0.25, -0.2) is 0 Å². The first-order valence-corrected chi connectivity index (χ1v) is 11.8. The lowest BCUT2D eigenvalue weighted by Crippen LogP contribution is -2.57. The zero-order valence-corrected chi connectivity index (χ0v) is 19.4. The number of fused-ring (bicyclic) bond motifs is 5. The van der Waals surface area contributed by atoms with Crippen LogP contribution in [0.15, 0.2) is 23.8 Å². The Morgan fingerprint density at radius 2 is 2.00 bits per heavy atom. The SMILES string of the molecule is C[C@]12CC[C@H]3[C@@H]([C@H](Br)[C@@H](Br)C4=CC(=O)C=C[C@@]43CC#CBr)[C@@H]1CCC2=O. The number of hydrogen-bond donors (Lipinski definition) is 0. The fourth-order valence-electron chi connectivity index (χ4n) is 6.19. The Morgan fingerprint density at radius 3 is 2.73 bits per heavy atom. The molecule has 0 radical (unpaired) electrons. The molecular formula is C21H21Br3O2. The van der Waals surface area contributed by atoms with E-state index in [2.05, 4.69) is 71.5 Å². The van der Waals surface area contributed by atoms with E-state index in [9.17, 15) is 9.59 Å². The highest BCUT2D eigenvalue weighted by atomic mass is 79.9. The molecule has 0 bridgehead atoms. The number of carbonyl (C=O) groups is 2. The van der Waals surface area contributed by atoms with Crippen LogP contribution in [0.4, 0.5) is 0 Å². The first kappa shape index (κ1) is 19.2. The van der Waals surface area contributed by atoms with Gasteiger partial charge in [0.15, 0.2) is 5.78 Å². The van der Waals surface area contributed by atoms with Gasteiger partial charge >= 0.3 is 0 Å². The minimum Gasteiger partial charge on any atom is -0.299 e. The number of halogens is 3. The van der Waals surface area contributed by atoms with Crippen molar-refractivity contribution < 1.29 is 9.59 Å². The summed E-state index contributed by atoms with van der Waals surface area (Å²) in [6.07, 6.45) is 10.0. The van der Waals surface area contributed by atoms with Gasteiger partial charge in [0.1, 0.15) is 5.78 Å². The summed E-state index contributed by atoms with van der Waals surface area (Å²) in [6.45, 7) is 2.18.